The summed E-state index contributed by atoms with van der Waals surface area (Å²) in [5.74, 6) is 0.897. The lowest BCUT2D eigenvalue weighted by atomic mass is 9.98. The highest BCUT2D eigenvalue weighted by Crippen LogP contribution is 2.32. The Kier molecular flexibility index (Phi) is 6.81. The number of carbonyl (C=O) groups excluding carboxylic acids is 1. The lowest BCUT2D eigenvalue weighted by Crippen LogP contribution is -2.49. The molecule has 1 aromatic heterocycles. The quantitative estimate of drug-likeness (QED) is 0.411. The Labute approximate surface area is 195 Å². The van der Waals surface area contributed by atoms with E-state index in [4.69, 9.17) is 4.74 Å². The highest BCUT2D eigenvalue weighted by Gasteiger charge is 2.32. The molecule has 1 fully saturated rings. The maximum Gasteiger partial charge on any atom is 0.416 e. The van der Waals surface area contributed by atoms with Crippen LogP contribution >= 0.6 is 0 Å². The summed E-state index contributed by atoms with van der Waals surface area (Å²) in [6.45, 7) is 1.84. The molecule has 0 unspecified atom stereocenters. The van der Waals surface area contributed by atoms with Crippen molar-refractivity contribution in [2.24, 2.45) is 0 Å². The van der Waals surface area contributed by atoms with Gasteiger partial charge in [-0.05, 0) is 47.5 Å². The number of hydrogen-bond donors (Lipinski definition) is 0. The van der Waals surface area contributed by atoms with Gasteiger partial charge in [-0.1, -0.05) is 24.3 Å². The van der Waals surface area contributed by atoms with Crippen molar-refractivity contribution in [2.75, 3.05) is 38.2 Å². The van der Waals surface area contributed by atoms with E-state index < -0.39 is 11.7 Å². The molecule has 2 heterocycles. The van der Waals surface area contributed by atoms with E-state index >= 15 is 0 Å². The molecule has 0 spiro atoms. The Bertz CT molecular complexity index is 1160. The third-order valence-electron chi connectivity index (χ3n) is 5.56. The van der Waals surface area contributed by atoms with Gasteiger partial charge in [0.25, 0.3) is 5.91 Å². The van der Waals surface area contributed by atoms with Gasteiger partial charge in [0.1, 0.15) is 5.75 Å². The number of carbonyl (C=O) groups is 1. The van der Waals surface area contributed by atoms with E-state index in [2.05, 4.69) is 9.97 Å². The number of aromatic nitrogens is 2. The zero-order chi connectivity index (χ0) is 24.1. The van der Waals surface area contributed by atoms with Crippen LogP contribution in [0.1, 0.15) is 16.7 Å². The second kappa shape index (κ2) is 9.94. The monoisotopic (exact) mass is 468 g/mol. The topological polar surface area (TPSA) is 58.6 Å². The van der Waals surface area contributed by atoms with Crippen molar-refractivity contribution in [2.45, 2.75) is 6.18 Å². The molecule has 176 valence electrons. The molecule has 0 aliphatic carbocycles. The molecule has 1 saturated heterocycles. The van der Waals surface area contributed by atoms with Gasteiger partial charge in [-0.3, -0.25) is 4.79 Å². The average Bonchev–Trinajstić information content (AvgIpc) is 2.87. The van der Waals surface area contributed by atoms with Crippen molar-refractivity contribution in [1.29, 1.82) is 0 Å². The zero-order valence-electron chi connectivity index (χ0n) is 18.5. The second-order valence-corrected chi connectivity index (χ2v) is 7.74. The van der Waals surface area contributed by atoms with E-state index in [9.17, 15) is 18.0 Å². The van der Waals surface area contributed by atoms with Crippen LogP contribution in [0, 0.1) is 0 Å². The highest BCUT2D eigenvalue weighted by atomic mass is 19.4. The van der Waals surface area contributed by atoms with E-state index in [-0.39, 0.29) is 17.0 Å². The maximum atomic E-state index is 13.5. The lowest BCUT2D eigenvalue weighted by molar-refractivity contribution is -0.137. The normalized spacial score (nSPS) is 14.8. The highest BCUT2D eigenvalue weighted by molar-refractivity contribution is 6.24. The smallest absolute Gasteiger partial charge is 0.416 e. The number of benzene rings is 2. The van der Waals surface area contributed by atoms with E-state index in [1.165, 1.54) is 12.1 Å². The number of nitrogens with zero attached hydrogens (tertiary/aromatic N) is 4. The average molecular weight is 468 g/mol. The summed E-state index contributed by atoms with van der Waals surface area (Å²) in [5, 5.41) is 0. The molecule has 2 aromatic carbocycles. The molecule has 3 aromatic rings. The van der Waals surface area contributed by atoms with Crippen molar-refractivity contribution >= 4 is 23.5 Å². The third-order valence-corrected chi connectivity index (χ3v) is 5.56. The molecule has 34 heavy (non-hydrogen) atoms. The van der Waals surface area contributed by atoms with E-state index in [0.717, 1.165) is 12.1 Å². The molecular formula is C25H23F3N4O2. The van der Waals surface area contributed by atoms with Crippen LogP contribution in [-0.2, 0) is 11.0 Å². The van der Waals surface area contributed by atoms with Crippen LogP contribution in [0.5, 0.6) is 5.75 Å². The molecule has 0 radical (unpaired) electrons. The molecule has 6 nitrogen and oxygen atoms in total. The molecule has 9 heteroatoms. The molecular weight excluding hydrogens is 445 g/mol. The van der Waals surface area contributed by atoms with Gasteiger partial charge in [0.05, 0.1) is 12.7 Å². The summed E-state index contributed by atoms with van der Waals surface area (Å²) in [6.07, 6.45) is 0.419. The Balaban J connectivity index is 1.63. The van der Waals surface area contributed by atoms with Gasteiger partial charge < -0.3 is 14.5 Å². The molecule has 1 aliphatic heterocycles. The largest absolute Gasteiger partial charge is 0.497 e. The number of methoxy groups -OCH3 is 1. The minimum Gasteiger partial charge on any atom is -0.497 e. The molecule has 1 aliphatic rings. The first-order chi connectivity index (χ1) is 16.3. The number of piperazine rings is 1. The van der Waals surface area contributed by atoms with Crippen LogP contribution in [0.15, 0.2) is 67.0 Å². The van der Waals surface area contributed by atoms with Gasteiger partial charge >= 0.3 is 6.18 Å². The van der Waals surface area contributed by atoms with Crippen LogP contribution in [-0.4, -0.2) is 54.1 Å². The van der Waals surface area contributed by atoms with Crippen molar-refractivity contribution in [3.63, 3.8) is 0 Å². The van der Waals surface area contributed by atoms with Gasteiger partial charge in [-0.25, -0.2) is 9.97 Å². The summed E-state index contributed by atoms with van der Waals surface area (Å²) in [6, 6.07) is 13.6. The number of anilines is 1. The predicted octanol–water partition coefficient (Wildman–Crippen LogP) is 4.39. The summed E-state index contributed by atoms with van der Waals surface area (Å²) >= 11 is 0. The van der Waals surface area contributed by atoms with Crippen LogP contribution in [0.25, 0.3) is 11.6 Å². The van der Waals surface area contributed by atoms with Crippen molar-refractivity contribution < 1.29 is 22.7 Å². The van der Waals surface area contributed by atoms with Gasteiger partial charge in [0.2, 0.25) is 5.95 Å². The fourth-order valence-electron chi connectivity index (χ4n) is 3.73. The van der Waals surface area contributed by atoms with E-state index in [0.29, 0.717) is 43.4 Å². The first-order valence-electron chi connectivity index (χ1n) is 10.7. The van der Waals surface area contributed by atoms with Gasteiger partial charge in [-0.15, -0.1) is 0 Å². The molecule has 1 amide bonds. The number of hydrogen-bond acceptors (Lipinski definition) is 5. The van der Waals surface area contributed by atoms with Crippen LogP contribution in [0.3, 0.4) is 0 Å². The molecule has 0 bridgehead atoms. The van der Waals surface area contributed by atoms with Crippen LogP contribution in [0.2, 0.25) is 0 Å². The number of rotatable bonds is 5. The molecule has 0 saturated carbocycles. The van der Waals surface area contributed by atoms with Gasteiger partial charge in [-0.2, -0.15) is 13.2 Å². The molecule has 0 atom stereocenters. The van der Waals surface area contributed by atoms with Gasteiger partial charge in [0, 0.05) is 44.1 Å². The van der Waals surface area contributed by atoms with Crippen molar-refractivity contribution in [3.05, 3.63) is 83.7 Å². The third kappa shape index (κ3) is 5.36. The molecule has 0 N–H and O–H groups in total. The Morgan fingerprint density at radius 3 is 2.26 bits per heavy atom. The SMILES string of the molecule is COc1ccc(/C=C(/C(=O)N2CCN(c3ncccn3)CC2)c2cccc(C(F)(F)F)c2)cc1. The zero-order valence-corrected chi connectivity index (χ0v) is 18.5. The van der Waals surface area contributed by atoms with Crippen LogP contribution in [0.4, 0.5) is 19.1 Å². The summed E-state index contributed by atoms with van der Waals surface area (Å²) in [7, 11) is 1.54. The lowest BCUT2D eigenvalue weighted by Gasteiger charge is -2.35. The molecule has 4 rings (SSSR count). The van der Waals surface area contributed by atoms with Crippen molar-refractivity contribution in [1.82, 2.24) is 14.9 Å². The number of halogens is 3. The Morgan fingerprint density at radius 1 is 0.971 bits per heavy atom. The fraction of sp³-hybridized carbons (Fsp3) is 0.240. The van der Waals surface area contributed by atoms with Gasteiger partial charge in [0.15, 0.2) is 0 Å². The minimum atomic E-state index is -4.51. The van der Waals surface area contributed by atoms with Crippen LogP contribution < -0.4 is 9.64 Å². The Hall–Kier alpha value is -3.88. The summed E-state index contributed by atoms with van der Waals surface area (Å²) < 4.78 is 45.2. The van der Waals surface area contributed by atoms with E-state index in [1.807, 2.05) is 4.90 Å². The van der Waals surface area contributed by atoms with Crippen molar-refractivity contribution in [3.8, 4) is 5.75 Å². The first kappa shape index (κ1) is 23.3. The fourth-order valence-corrected chi connectivity index (χ4v) is 3.73. The number of amides is 1. The number of ether oxygens (including phenoxy) is 1. The Morgan fingerprint density at radius 2 is 1.65 bits per heavy atom. The second-order valence-electron chi connectivity index (χ2n) is 7.74. The minimum absolute atomic E-state index is 0.195. The maximum absolute atomic E-state index is 13.5. The summed E-state index contributed by atoms with van der Waals surface area (Å²) in [4.78, 5) is 25.6. The number of alkyl halides is 3. The summed E-state index contributed by atoms with van der Waals surface area (Å²) in [5.41, 5.74) is 0.285. The standard InChI is InChI=1S/C25H23F3N4O2/c1-34-21-8-6-18(7-9-21)16-22(19-4-2-5-20(17-19)25(26,27)28)23(33)31-12-14-32(15-13-31)24-29-10-3-11-30-24/h2-11,16-17H,12-15H2,1H3/b22-16+. The van der Waals surface area contributed by atoms with E-state index in [1.54, 1.807) is 60.8 Å². The predicted molar refractivity (Wildman–Crippen MR) is 123 cm³/mol. The first-order valence-corrected chi connectivity index (χ1v) is 10.7.